The quantitative estimate of drug-likeness (QED) is 0.910. The highest BCUT2D eigenvalue weighted by Gasteiger charge is 2.31. The molecule has 9 heteroatoms. The normalized spacial score (nSPS) is 11.3. The predicted octanol–water partition coefficient (Wildman–Crippen LogP) is 2.13. The number of nitrogens with zero attached hydrogens (tertiary/aromatic N) is 3. The lowest BCUT2D eigenvalue weighted by molar-refractivity contribution is -0.137. The van der Waals surface area contributed by atoms with Gasteiger partial charge in [0.05, 0.1) is 11.1 Å². The number of anilines is 2. The second-order valence-corrected chi connectivity index (χ2v) is 4.17. The Bertz CT molecular complexity index is 665. The maximum absolute atomic E-state index is 12.7. The van der Waals surface area contributed by atoms with Crippen molar-refractivity contribution in [3.63, 3.8) is 0 Å². The third-order valence-corrected chi connectivity index (χ3v) is 2.80. The van der Waals surface area contributed by atoms with Crippen LogP contribution in [0.1, 0.15) is 15.9 Å². The van der Waals surface area contributed by atoms with Gasteiger partial charge in [0.25, 0.3) is 5.91 Å². The molecule has 1 aromatic carbocycles. The maximum atomic E-state index is 12.7. The Balaban J connectivity index is 2.37. The van der Waals surface area contributed by atoms with Crippen molar-refractivity contribution in [2.45, 2.75) is 6.18 Å². The molecule has 0 spiro atoms. The highest BCUT2D eigenvalue weighted by Crippen LogP contribution is 2.32. The fourth-order valence-corrected chi connectivity index (χ4v) is 1.70. The smallest absolute Gasteiger partial charge is 0.387 e. The fraction of sp³-hybridized carbons (Fsp3) is 0.250. The summed E-state index contributed by atoms with van der Waals surface area (Å²) in [5.41, 5.74) is -0.748. The van der Waals surface area contributed by atoms with Gasteiger partial charge in [-0.1, -0.05) is 0 Å². The maximum Gasteiger partial charge on any atom is 0.416 e. The summed E-state index contributed by atoms with van der Waals surface area (Å²) < 4.78 is 39.5. The molecule has 0 bridgehead atoms. The molecule has 1 aromatic heterocycles. The van der Waals surface area contributed by atoms with Crippen LogP contribution in [0.4, 0.5) is 24.8 Å². The van der Waals surface area contributed by atoms with Crippen molar-refractivity contribution < 1.29 is 18.0 Å². The lowest BCUT2D eigenvalue weighted by Gasteiger charge is -2.13. The number of hydrogen-bond acceptors (Lipinski definition) is 4. The Morgan fingerprint density at radius 2 is 2.05 bits per heavy atom. The molecule has 0 atom stereocenters. The minimum Gasteiger partial charge on any atom is -0.387 e. The molecule has 2 aromatic rings. The number of alkyl halides is 3. The summed E-state index contributed by atoms with van der Waals surface area (Å²) in [6.07, 6.45) is -3.30. The number of carbonyl (C=O) groups is 1. The zero-order valence-corrected chi connectivity index (χ0v) is 11.2. The number of benzene rings is 1. The van der Waals surface area contributed by atoms with Crippen LogP contribution < -0.4 is 10.6 Å². The summed E-state index contributed by atoms with van der Waals surface area (Å²) in [7, 11) is 3.06. The number of rotatable bonds is 3. The average Bonchev–Trinajstić information content (AvgIpc) is 2.82. The van der Waals surface area contributed by atoms with Crippen molar-refractivity contribution in [1.29, 1.82) is 0 Å². The molecule has 0 unspecified atom stereocenters. The van der Waals surface area contributed by atoms with Crippen LogP contribution in [0, 0.1) is 0 Å². The number of aromatic nitrogens is 3. The van der Waals surface area contributed by atoms with Gasteiger partial charge in [0.1, 0.15) is 6.33 Å². The van der Waals surface area contributed by atoms with Gasteiger partial charge in [0, 0.05) is 19.8 Å². The summed E-state index contributed by atoms with van der Waals surface area (Å²) in [5, 5.41) is 8.84. The fourth-order valence-electron chi connectivity index (χ4n) is 1.70. The monoisotopic (exact) mass is 299 g/mol. The third kappa shape index (κ3) is 3.12. The molecule has 0 aliphatic heterocycles. The number of aryl methyl sites for hydroxylation is 1. The minimum atomic E-state index is -4.52. The first kappa shape index (κ1) is 14.8. The summed E-state index contributed by atoms with van der Waals surface area (Å²) in [6.45, 7) is 0. The van der Waals surface area contributed by atoms with E-state index in [2.05, 4.69) is 20.7 Å². The van der Waals surface area contributed by atoms with Crippen LogP contribution in [0.5, 0.6) is 0 Å². The molecule has 21 heavy (non-hydrogen) atoms. The summed E-state index contributed by atoms with van der Waals surface area (Å²) in [6, 6.07) is 2.90. The number of hydrogen-bond donors (Lipinski definition) is 2. The van der Waals surface area contributed by atoms with E-state index in [9.17, 15) is 18.0 Å². The van der Waals surface area contributed by atoms with E-state index in [0.29, 0.717) is 0 Å². The van der Waals surface area contributed by atoms with Gasteiger partial charge < -0.3 is 5.32 Å². The predicted molar refractivity (Wildman–Crippen MR) is 69.9 cm³/mol. The van der Waals surface area contributed by atoms with Crippen molar-refractivity contribution in [3.05, 3.63) is 35.7 Å². The molecular weight excluding hydrogens is 287 g/mol. The number of nitrogens with one attached hydrogen (secondary N) is 2. The molecule has 0 fully saturated rings. The second-order valence-electron chi connectivity index (χ2n) is 4.17. The molecule has 0 aliphatic carbocycles. The average molecular weight is 299 g/mol. The Morgan fingerprint density at radius 3 is 2.57 bits per heavy atom. The van der Waals surface area contributed by atoms with Gasteiger partial charge in [-0.3, -0.25) is 10.1 Å². The van der Waals surface area contributed by atoms with E-state index in [-0.39, 0.29) is 17.2 Å². The Labute approximate surface area is 118 Å². The Hall–Kier alpha value is -2.58. The standard InChI is InChI=1S/C12H12F3N5O/c1-16-9-4-3-7(12(13,14)15)5-8(9)10(21)19-11-17-6-18-20(11)2/h3-6,16H,1-2H3,(H,17,18,19,21). The van der Waals surface area contributed by atoms with Gasteiger partial charge in [0.15, 0.2) is 0 Å². The molecule has 6 nitrogen and oxygen atoms in total. The first-order valence-electron chi connectivity index (χ1n) is 5.87. The van der Waals surface area contributed by atoms with Gasteiger partial charge in [-0.25, -0.2) is 4.68 Å². The van der Waals surface area contributed by atoms with Crippen molar-refractivity contribution in [1.82, 2.24) is 14.8 Å². The molecule has 0 saturated heterocycles. The van der Waals surface area contributed by atoms with E-state index in [1.54, 1.807) is 7.05 Å². The van der Waals surface area contributed by atoms with Crippen molar-refractivity contribution in [3.8, 4) is 0 Å². The van der Waals surface area contributed by atoms with E-state index < -0.39 is 17.6 Å². The lowest BCUT2D eigenvalue weighted by Crippen LogP contribution is -2.18. The SMILES string of the molecule is CNc1ccc(C(F)(F)F)cc1C(=O)Nc1ncnn1C. The van der Waals surface area contributed by atoms with Gasteiger partial charge in [0.2, 0.25) is 5.95 Å². The Morgan fingerprint density at radius 1 is 1.33 bits per heavy atom. The van der Waals surface area contributed by atoms with Crippen LogP contribution in [-0.2, 0) is 13.2 Å². The largest absolute Gasteiger partial charge is 0.416 e. The first-order valence-corrected chi connectivity index (χ1v) is 5.87. The zero-order chi connectivity index (χ0) is 15.6. The lowest BCUT2D eigenvalue weighted by atomic mass is 10.1. The number of amides is 1. The van der Waals surface area contributed by atoms with Crippen LogP contribution in [0.3, 0.4) is 0 Å². The van der Waals surface area contributed by atoms with E-state index in [0.717, 1.165) is 12.1 Å². The second kappa shape index (κ2) is 5.43. The third-order valence-electron chi connectivity index (χ3n) is 2.80. The molecular formula is C12H12F3N5O. The van der Waals surface area contributed by atoms with Gasteiger partial charge in [-0.15, -0.1) is 0 Å². The minimum absolute atomic E-state index is 0.129. The van der Waals surface area contributed by atoms with Gasteiger partial charge >= 0.3 is 6.18 Å². The van der Waals surface area contributed by atoms with Crippen LogP contribution in [0.15, 0.2) is 24.5 Å². The van der Waals surface area contributed by atoms with Gasteiger partial charge in [-0.2, -0.15) is 23.3 Å². The molecule has 112 valence electrons. The van der Waals surface area contributed by atoms with Crippen LogP contribution in [0.25, 0.3) is 0 Å². The molecule has 1 amide bonds. The van der Waals surface area contributed by atoms with Crippen LogP contribution in [-0.4, -0.2) is 27.7 Å². The summed E-state index contributed by atoms with van der Waals surface area (Å²) in [4.78, 5) is 15.9. The first-order chi connectivity index (χ1) is 9.82. The van der Waals surface area contributed by atoms with E-state index >= 15 is 0 Å². The highest BCUT2D eigenvalue weighted by atomic mass is 19.4. The number of halogens is 3. The Kier molecular flexibility index (Phi) is 3.83. The van der Waals surface area contributed by atoms with Crippen molar-refractivity contribution >= 4 is 17.5 Å². The van der Waals surface area contributed by atoms with E-state index in [1.165, 1.54) is 24.1 Å². The van der Waals surface area contributed by atoms with Crippen molar-refractivity contribution in [2.24, 2.45) is 7.05 Å². The van der Waals surface area contributed by atoms with Gasteiger partial charge in [-0.05, 0) is 18.2 Å². The molecule has 0 saturated carbocycles. The summed E-state index contributed by atoms with van der Waals surface area (Å²) >= 11 is 0. The number of carbonyl (C=O) groups excluding carboxylic acids is 1. The highest BCUT2D eigenvalue weighted by molar-refractivity contribution is 6.07. The molecule has 2 rings (SSSR count). The van der Waals surface area contributed by atoms with Crippen LogP contribution in [0.2, 0.25) is 0 Å². The molecule has 1 heterocycles. The summed E-state index contributed by atoms with van der Waals surface area (Å²) in [5.74, 6) is -0.569. The van der Waals surface area contributed by atoms with Crippen LogP contribution >= 0.6 is 0 Å². The van der Waals surface area contributed by atoms with Crippen molar-refractivity contribution in [2.75, 3.05) is 17.7 Å². The topological polar surface area (TPSA) is 71.8 Å². The van der Waals surface area contributed by atoms with E-state index in [4.69, 9.17) is 0 Å². The molecule has 0 radical (unpaired) electrons. The molecule has 0 aliphatic rings. The van der Waals surface area contributed by atoms with E-state index in [1.807, 2.05) is 0 Å². The zero-order valence-electron chi connectivity index (χ0n) is 11.2. The molecule has 2 N–H and O–H groups in total.